The summed E-state index contributed by atoms with van der Waals surface area (Å²) in [6.45, 7) is 11.0. The molecule has 0 unspecified atom stereocenters. The van der Waals surface area contributed by atoms with Gasteiger partial charge in [0.1, 0.15) is 24.2 Å². The highest BCUT2D eigenvalue weighted by Crippen LogP contribution is 2.36. The van der Waals surface area contributed by atoms with E-state index >= 15 is 4.39 Å². The van der Waals surface area contributed by atoms with Crippen LogP contribution in [-0.4, -0.2) is 83.4 Å². The van der Waals surface area contributed by atoms with Crippen LogP contribution in [0, 0.1) is 5.82 Å². The van der Waals surface area contributed by atoms with Crippen molar-refractivity contribution in [3.63, 3.8) is 0 Å². The lowest BCUT2D eigenvalue weighted by Gasteiger charge is -2.36. The number of ether oxygens (including phenoxy) is 2. The Kier molecular flexibility index (Phi) is 11.3. The standard InChI is InChI=1S/C34H41BrFN5O5Si/c1-47(2,3)18-17-45-23-41-22-26(35)31-30(11-12-37-32(31)41)46-29-10-9-25(19-27(29)36)20-28(38-34(43)44)33(42)40-15-13-39(14-16-40)21-24-7-5-4-6-8-24/h4-12,19,22,28,38H,13-18,20-21,23H2,1-3H3,(H,43,44)/t28-/m0/s1. The van der Waals surface area contributed by atoms with Crippen molar-refractivity contribution in [2.45, 2.75) is 51.4 Å². The molecule has 0 radical (unpaired) electrons. The molecule has 1 aliphatic heterocycles. The molecule has 3 heterocycles. The molecule has 2 aromatic carbocycles. The third kappa shape index (κ3) is 9.40. The van der Waals surface area contributed by atoms with Crippen LogP contribution < -0.4 is 10.1 Å². The van der Waals surface area contributed by atoms with Gasteiger partial charge in [0.2, 0.25) is 5.91 Å². The predicted octanol–water partition coefficient (Wildman–Crippen LogP) is 6.57. The normalized spacial score (nSPS) is 14.7. The van der Waals surface area contributed by atoms with Gasteiger partial charge in [-0.2, -0.15) is 0 Å². The molecule has 2 amide bonds. The minimum absolute atomic E-state index is 0.00182. The molecule has 1 saturated heterocycles. The van der Waals surface area contributed by atoms with E-state index in [-0.39, 0.29) is 18.1 Å². The first kappa shape index (κ1) is 34.5. The van der Waals surface area contributed by atoms with Crippen molar-refractivity contribution in [1.82, 2.24) is 24.7 Å². The third-order valence-corrected chi connectivity index (χ3v) is 10.4. The Balaban J connectivity index is 1.23. The average Bonchev–Trinajstić information content (AvgIpc) is 3.36. The largest absolute Gasteiger partial charge is 0.465 e. The summed E-state index contributed by atoms with van der Waals surface area (Å²) in [5.41, 5.74) is 2.30. The first-order valence-corrected chi connectivity index (χ1v) is 20.2. The van der Waals surface area contributed by atoms with E-state index < -0.39 is 26.0 Å². The van der Waals surface area contributed by atoms with Gasteiger partial charge in [-0.1, -0.05) is 56.0 Å². The van der Waals surface area contributed by atoms with Crippen LogP contribution in [0.5, 0.6) is 11.5 Å². The number of halogens is 2. The fourth-order valence-electron chi connectivity index (χ4n) is 5.51. The van der Waals surface area contributed by atoms with Crippen LogP contribution in [-0.2, 0) is 29.2 Å². The molecule has 250 valence electrons. The number of nitrogens with zero attached hydrogens (tertiary/aromatic N) is 4. The lowest BCUT2D eigenvalue weighted by Crippen LogP contribution is -2.55. The summed E-state index contributed by atoms with van der Waals surface area (Å²) in [6, 6.07) is 16.2. The Hall–Kier alpha value is -3.78. The predicted molar refractivity (Wildman–Crippen MR) is 185 cm³/mol. The number of aromatic nitrogens is 2. The second kappa shape index (κ2) is 15.4. The van der Waals surface area contributed by atoms with Gasteiger partial charge >= 0.3 is 6.09 Å². The number of benzene rings is 2. The van der Waals surface area contributed by atoms with Gasteiger partial charge in [0.15, 0.2) is 11.6 Å². The number of piperazine rings is 1. The molecule has 2 aromatic heterocycles. The third-order valence-electron chi connectivity index (χ3n) is 8.08. The first-order valence-electron chi connectivity index (χ1n) is 15.7. The molecule has 47 heavy (non-hydrogen) atoms. The molecule has 0 spiro atoms. The number of nitrogens with one attached hydrogen (secondary N) is 1. The lowest BCUT2D eigenvalue weighted by atomic mass is 10.0. The zero-order valence-electron chi connectivity index (χ0n) is 26.9. The van der Waals surface area contributed by atoms with E-state index in [4.69, 9.17) is 9.47 Å². The molecular formula is C34H41BrFN5O5Si. The number of pyridine rings is 1. The Bertz CT molecular complexity index is 1690. The van der Waals surface area contributed by atoms with Crippen molar-refractivity contribution in [1.29, 1.82) is 0 Å². The van der Waals surface area contributed by atoms with E-state index in [0.717, 1.165) is 17.1 Å². The highest BCUT2D eigenvalue weighted by molar-refractivity contribution is 9.10. The van der Waals surface area contributed by atoms with Crippen LogP contribution in [0.2, 0.25) is 25.7 Å². The number of carbonyl (C=O) groups excluding carboxylic acids is 1. The number of carbonyl (C=O) groups is 2. The summed E-state index contributed by atoms with van der Waals surface area (Å²) in [5, 5.41) is 12.5. The van der Waals surface area contributed by atoms with Crippen molar-refractivity contribution in [2.75, 3.05) is 32.8 Å². The van der Waals surface area contributed by atoms with Gasteiger partial charge in [0, 0.05) is 70.7 Å². The number of carboxylic acid groups (broad SMARTS) is 1. The Morgan fingerprint density at radius 1 is 1.04 bits per heavy atom. The summed E-state index contributed by atoms with van der Waals surface area (Å²) in [5.74, 6) is -0.545. The summed E-state index contributed by atoms with van der Waals surface area (Å²) < 4.78 is 30.0. The van der Waals surface area contributed by atoms with Crippen LogP contribution in [0.1, 0.15) is 11.1 Å². The smallest absolute Gasteiger partial charge is 0.405 e. The Labute approximate surface area is 283 Å². The molecule has 1 atom stereocenters. The number of fused-ring (bicyclic) bond motifs is 1. The number of rotatable bonds is 13. The van der Waals surface area contributed by atoms with Gasteiger partial charge in [-0.05, 0) is 51.3 Å². The van der Waals surface area contributed by atoms with Gasteiger partial charge < -0.3 is 29.4 Å². The lowest BCUT2D eigenvalue weighted by molar-refractivity contribution is -0.135. The SMILES string of the molecule is C[Si](C)(C)CCOCn1cc(Br)c2c(Oc3ccc(C[C@H](NC(=O)O)C(=O)N4CCN(Cc5ccccc5)CC4)cc3F)ccnc21. The second-order valence-corrected chi connectivity index (χ2v) is 19.4. The molecule has 1 aliphatic rings. The van der Waals surface area contributed by atoms with Gasteiger partial charge in [0.25, 0.3) is 0 Å². The molecule has 0 aliphatic carbocycles. The van der Waals surface area contributed by atoms with Crippen molar-refractivity contribution >= 4 is 47.0 Å². The molecule has 2 N–H and O–H groups in total. The quantitative estimate of drug-likeness (QED) is 0.119. The molecule has 10 nitrogen and oxygen atoms in total. The summed E-state index contributed by atoms with van der Waals surface area (Å²) in [7, 11) is -1.21. The minimum atomic E-state index is -1.31. The van der Waals surface area contributed by atoms with Crippen molar-refractivity contribution < 1.29 is 28.6 Å². The topological polar surface area (TPSA) is 109 Å². The van der Waals surface area contributed by atoms with Crippen LogP contribution in [0.3, 0.4) is 0 Å². The molecular weight excluding hydrogens is 685 g/mol. The monoisotopic (exact) mass is 725 g/mol. The molecule has 0 saturated carbocycles. The fourth-order valence-corrected chi connectivity index (χ4v) is 6.89. The average molecular weight is 727 g/mol. The number of amides is 2. The molecule has 13 heteroatoms. The zero-order chi connectivity index (χ0) is 33.6. The summed E-state index contributed by atoms with van der Waals surface area (Å²) in [4.78, 5) is 33.5. The van der Waals surface area contributed by atoms with Gasteiger partial charge in [-0.3, -0.25) is 9.69 Å². The number of hydrogen-bond acceptors (Lipinski definition) is 6. The Morgan fingerprint density at radius 3 is 2.47 bits per heavy atom. The van der Waals surface area contributed by atoms with E-state index in [1.165, 1.54) is 17.7 Å². The molecule has 1 fully saturated rings. The van der Waals surface area contributed by atoms with Crippen molar-refractivity contribution in [3.05, 3.63) is 88.4 Å². The number of hydrogen-bond donors (Lipinski definition) is 2. The molecule has 4 aromatic rings. The maximum absolute atomic E-state index is 15.4. The van der Waals surface area contributed by atoms with E-state index in [9.17, 15) is 14.7 Å². The van der Waals surface area contributed by atoms with E-state index in [1.807, 2.05) is 29.0 Å². The van der Waals surface area contributed by atoms with Gasteiger partial charge in [-0.15, -0.1) is 0 Å². The first-order chi connectivity index (χ1) is 22.5. The Morgan fingerprint density at radius 2 is 1.79 bits per heavy atom. The van der Waals surface area contributed by atoms with E-state index in [1.54, 1.807) is 23.2 Å². The van der Waals surface area contributed by atoms with Crippen molar-refractivity contribution in [2.24, 2.45) is 0 Å². The molecule has 0 bridgehead atoms. The van der Waals surface area contributed by atoms with Gasteiger partial charge in [0.05, 0.1) is 5.39 Å². The molecule has 5 rings (SSSR count). The zero-order valence-corrected chi connectivity index (χ0v) is 29.5. The van der Waals surface area contributed by atoms with E-state index in [0.29, 0.717) is 61.9 Å². The highest BCUT2D eigenvalue weighted by Gasteiger charge is 2.29. The van der Waals surface area contributed by atoms with Crippen LogP contribution in [0.15, 0.2) is 71.5 Å². The van der Waals surface area contributed by atoms with Gasteiger partial charge in [-0.25, -0.2) is 14.2 Å². The maximum atomic E-state index is 15.4. The minimum Gasteiger partial charge on any atom is -0.465 e. The fraction of sp³-hybridized carbons (Fsp3) is 0.382. The van der Waals surface area contributed by atoms with Crippen LogP contribution in [0.4, 0.5) is 9.18 Å². The summed E-state index contributed by atoms with van der Waals surface area (Å²) in [6.07, 6.45) is 2.16. The van der Waals surface area contributed by atoms with Crippen molar-refractivity contribution in [3.8, 4) is 11.5 Å². The second-order valence-electron chi connectivity index (χ2n) is 13.0. The van der Waals surface area contributed by atoms with Crippen LogP contribution >= 0.6 is 15.9 Å². The van der Waals surface area contributed by atoms with E-state index in [2.05, 4.69) is 62.9 Å². The maximum Gasteiger partial charge on any atom is 0.405 e. The summed E-state index contributed by atoms with van der Waals surface area (Å²) >= 11 is 3.59. The van der Waals surface area contributed by atoms with Crippen LogP contribution in [0.25, 0.3) is 11.0 Å². The highest BCUT2D eigenvalue weighted by atomic mass is 79.9.